The molecule has 0 unspecified atom stereocenters. The van der Waals surface area contributed by atoms with Crippen LogP contribution in [0.2, 0.25) is 0 Å². The Kier molecular flexibility index (Phi) is 8.36. The van der Waals surface area contributed by atoms with Crippen molar-refractivity contribution in [3.63, 3.8) is 0 Å². The first kappa shape index (κ1) is 22.7. The number of methoxy groups -OCH3 is 1. The van der Waals surface area contributed by atoms with Crippen LogP contribution < -0.4 is 5.32 Å². The molecule has 0 atom stereocenters. The van der Waals surface area contributed by atoms with Crippen molar-refractivity contribution in [1.29, 1.82) is 0 Å². The van der Waals surface area contributed by atoms with Crippen LogP contribution in [-0.2, 0) is 17.8 Å². The maximum Gasteiger partial charge on any atom is 0.270 e. The Morgan fingerprint density at radius 3 is 2.71 bits per heavy atom. The topological polar surface area (TPSA) is 51.2 Å². The number of nitrogens with one attached hydrogen (secondary N) is 1. The van der Waals surface area contributed by atoms with E-state index in [2.05, 4.69) is 65.8 Å². The molecule has 1 aliphatic carbocycles. The smallest absolute Gasteiger partial charge is 0.270 e. The van der Waals surface area contributed by atoms with Crippen molar-refractivity contribution in [2.24, 2.45) is 0 Å². The summed E-state index contributed by atoms with van der Waals surface area (Å²) in [6, 6.07) is 10.4. The summed E-state index contributed by atoms with van der Waals surface area (Å²) in [6.45, 7) is 4.99. The molecule has 1 aromatic carbocycles. The second-order valence-electron chi connectivity index (χ2n) is 7.61. The Hall–Kier alpha value is -2.98. The number of rotatable bonds is 6. The van der Waals surface area contributed by atoms with Crippen molar-refractivity contribution in [2.45, 2.75) is 46.1 Å². The quantitative estimate of drug-likeness (QED) is 0.652. The molecule has 0 radical (unpaired) electrons. The van der Waals surface area contributed by atoms with Crippen molar-refractivity contribution < 1.29 is 9.53 Å². The first-order valence-electron chi connectivity index (χ1n) is 11.1. The molecule has 1 aromatic heterocycles. The lowest BCUT2D eigenvalue weighted by Gasteiger charge is -2.20. The van der Waals surface area contributed by atoms with Gasteiger partial charge in [0.05, 0.1) is 6.61 Å². The summed E-state index contributed by atoms with van der Waals surface area (Å²) in [5.41, 5.74) is 7.14. The lowest BCUT2D eigenvalue weighted by Crippen LogP contribution is -2.26. The number of carbonyl (C=O) groups is 1. The number of carbonyl (C=O) groups excluding carboxylic acids is 1. The van der Waals surface area contributed by atoms with Gasteiger partial charge in [-0.1, -0.05) is 61.6 Å². The Morgan fingerprint density at radius 2 is 2.00 bits per heavy atom. The summed E-state index contributed by atoms with van der Waals surface area (Å²) in [4.78, 5) is 17.3. The van der Waals surface area contributed by atoms with E-state index in [1.165, 1.54) is 16.7 Å². The van der Waals surface area contributed by atoms with Crippen LogP contribution in [0.3, 0.4) is 0 Å². The van der Waals surface area contributed by atoms with Crippen LogP contribution in [0.1, 0.15) is 65.9 Å². The Balaban J connectivity index is 2.25. The van der Waals surface area contributed by atoms with E-state index in [0.717, 1.165) is 42.4 Å². The number of amides is 1. The number of ether oxygens (including phenoxy) is 1. The maximum absolute atomic E-state index is 12.8. The molecule has 3 rings (SSSR count). The van der Waals surface area contributed by atoms with E-state index in [-0.39, 0.29) is 5.91 Å². The van der Waals surface area contributed by atoms with Gasteiger partial charge < -0.3 is 10.1 Å². The van der Waals surface area contributed by atoms with Crippen LogP contribution in [0, 0.1) is 0 Å². The van der Waals surface area contributed by atoms with Gasteiger partial charge in [-0.15, -0.1) is 0 Å². The van der Waals surface area contributed by atoms with Crippen molar-refractivity contribution in [3.8, 4) is 0 Å². The summed E-state index contributed by atoms with van der Waals surface area (Å²) >= 11 is 0. The van der Waals surface area contributed by atoms with Crippen LogP contribution in [0.15, 0.2) is 60.8 Å². The number of benzene rings is 1. The summed E-state index contributed by atoms with van der Waals surface area (Å²) in [5, 5.41) is 2.90. The molecule has 0 saturated heterocycles. The molecule has 1 N–H and O–H groups in total. The second kappa shape index (κ2) is 11.4. The maximum atomic E-state index is 12.8. The molecule has 1 heterocycles. The lowest BCUT2D eigenvalue weighted by atomic mass is 9.88. The largest absolute Gasteiger partial charge is 0.380 e. The van der Waals surface area contributed by atoms with Gasteiger partial charge in [-0.2, -0.15) is 0 Å². The number of hydrogen-bond acceptors (Lipinski definition) is 3. The molecule has 0 fully saturated rings. The number of nitrogens with zero attached hydrogens (tertiary/aromatic N) is 1. The zero-order chi connectivity index (χ0) is 22.1. The number of fused-ring (bicyclic) bond motifs is 1. The summed E-state index contributed by atoms with van der Waals surface area (Å²) in [7, 11) is 1.67. The highest BCUT2D eigenvalue weighted by molar-refractivity contribution is 5.96. The van der Waals surface area contributed by atoms with Gasteiger partial charge >= 0.3 is 0 Å². The number of pyridine rings is 1. The number of aromatic nitrogens is 1. The van der Waals surface area contributed by atoms with E-state index in [0.29, 0.717) is 18.8 Å². The van der Waals surface area contributed by atoms with Crippen molar-refractivity contribution in [1.82, 2.24) is 10.3 Å². The molecular weight excluding hydrogens is 384 g/mol. The minimum atomic E-state index is -0.150. The number of aryl methyl sites for hydroxylation is 1. The number of allylic oxidation sites excluding steroid dienone is 6. The molecule has 0 aliphatic heterocycles. The molecular formula is C27H32N2O2. The molecule has 0 bridgehead atoms. The summed E-state index contributed by atoms with van der Waals surface area (Å²) in [6.07, 6.45) is 14.5. The van der Waals surface area contributed by atoms with Crippen LogP contribution in [0.5, 0.6) is 0 Å². The van der Waals surface area contributed by atoms with Gasteiger partial charge in [0.15, 0.2) is 0 Å². The van der Waals surface area contributed by atoms with Gasteiger partial charge in [0.1, 0.15) is 5.69 Å². The van der Waals surface area contributed by atoms with Crippen molar-refractivity contribution in [2.75, 3.05) is 13.7 Å². The molecule has 2 aromatic rings. The second-order valence-corrected chi connectivity index (χ2v) is 7.61. The minimum absolute atomic E-state index is 0.150. The Bertz CT molecular complexity index is 988. The predicted octanol–water partition coefficient (Wildman–Crippen LogP) is 5.75. The van der Waals surface area contributed by atoms with Crippen molar-refractivity contribution >= 4 is 17.1 Å². The monoisotopic (exact) mass is 416 g/mol. The van der Waals surface area contributed by atoms with E-state index in [1.54, 1.807) is 7.11 Å². The third-order valence-corrected chi connectivity index (χ3v) is 5.47. The van der Waals surface area contributed by atoms with Gasteiger partial charge in [0, 0.05) is 25.4 Å². The normalized spacial score (nSPS) is 18.5. The van der Waals surface area contributed by atoms with E-state index < -0.39 is 0 Å². The highest BCUT2D eigenvalue weighted by Crippen LogP contribution is 2.33. The number of hydrogen-bond donors (Lipinski definition) is 1. The summed E-state index contributed by atoms with van der Waals surface area (Å²) in [5.74, 6) is -0.150. The predicted molar refractivity (Wildman–Crippen MR) is 128 cm³/mol. The van der Waals surface area contributed by atoms with E-state index in [1.807, 2.05) is 19.2 Å². The molecule has 162 valence electrons. The van der Waals surface area contributed by atoms with Gasteiger partial charge in [0.25, 0.3) is 5.91 Å². The third kappa shape index (κ3) is 5.59. The molecule has 0 saturated carbocycles. The van der Waals surface area contributed by atoms with Crippen molar-refractivity contribution in [3.05, 3.63) is 88.8 Å². The fraction of sp³-hybridized carbons (Fsp3) is 0.333. The first-order chi connectivity index (χ1) is 15.2. The SMILES string of the molecule is CCNC(=O)c1ncc2c(c1COC)/C(CC)=C/C(c1ccccc1)=C\C=C\CCC2. The van der Waals surface area contributed by atoms with E-state index >= 15 is 0 Å². The van der Waals surface area contributed by atoms with E-state index in [4.69, 9.17) is 4.74 Å². The fourth-order valence-corrected chi connectivity index (χ4v) is 3.99. The first-order valence-corrected chi connectivity index (χ1v) is 11.1. The highest BCUT2D eigenvalue weighted by atomic mass is 16.5. The molecule has 4 heteroatoms. The Labute approximate surface area is 185 Å². The lowest BCUT2D eigenvalue weighted by molar-refractivity contribution is 0.0945. The third-order valence-electron chi connectivity index (χ3n) is 5.47. The fourth-order valence-electron chi connectivity index (χ4n) is 3.99. The van der Waals surface area contributed by atoms with Crippen LogP contribution in [-0.4, -0.2) is 24.5 Å². The van der Waals surface area contributed by atoms with Gasteiger partial charge in [0.2, 0.25) is 0 Å². The molecule has 4 nitrogen and oxygen atoms in total. The molecule has 0 spiro atoms. The van der Waals surface area contributed by atoms with Crippen LogP contribution in [0.4, 0.5) is 0 Å². The average Bonchev–Trinajstić information content (AvgIpc) is 2.83. The van der Waals surface area contributed by atoms with Crippen LogP contribution >= 0.6 is 0 Å². The zero-order valence-corrected chi connectivity index (χ0v) is 18.8. The minimum Gasteiger partial charge on any atom is -0.380 e. The van der Waals surface area contributed by atoms with E-state index in [9.17, 15) is 4.79 Å². The molecule has 31 heavy (non-hydrogen) atoms. The standard InChI is InChI=1S/C27H32N2O2/c1-4-20-17-22(21-13-11-8-12-14-21)15-9-6-7-10-16-23-18-29-26(27(30)28-5-2)24(19-31-3)25(20)23/h6,8-9,11-15,17-18H,4-5,7,10,16,19H2,1-3H3,(H,28,30)/b9-6+,20-17+,22-15+. The average molecular weight is 417 g/mol. The Morgan fingerprint density at radius 1 is 1.19 bits per heavy atom. The van der Waals surface area contributed by atoms with Crippen LogP contribution in [0.25, 0.3) is 11.1 Å². The van der Waals surface area contributed by atoms with Gasteiger partial charge in [-0.25, -0.2) is 0 Å². The summed E-state index contributed by atoms with van der Waals surface area (Å²) < 4.78 is 5.55. The molecule has 1 aliphatic rings. The van der Waals surface area contributed by atoms with Gasteiger partial charge in [-0.05, 0) is 60.4 Å². The molecule has 1 amide bonds. The zero-order valence-electron chi connectivity index (χ0n) is 18.8. The van der Waals surface area contributed by atoms with Gasteiger partial charge in [-0.3, -0.25) is 9.78 Å². The highest BCUT2D eigenvalue weighted by Gasteiger charge is 2.21.